The molecule has 1 fully saturated rings. The van der Waals surface area contributed by atoms with Crippen LogP contribution in [0, 0.1) is 12.1 Å². The minimum Gasteiger partial charge on any atom is -0.758 e. The number of aryl methyl sites for hydroxylation is 1. The van der Waals surface area contributed by atoms with Crippen LogP contribution in [-0.4, -0.2) is 73.6 Å². The number of ether oxygens (including phenoxy) is 1. The number of nitrogens with zero attached hydrogens (tertiary/aromatic N) is 3. The summed E-state index contributed by atoms with van der Waals surface area (Å²) in [6.45, 7) is 3.70. The lowest BCUT2D eigenvalue weighted by atomic mass is 9.93. The maximum absolute atomic E-state index is 14.4. The summed E-state index contributed by atoms with van der Waals surface area (Å²) in [6.07, 6.45) is -8.46. The van der Waals surface area contributed by atoms with Crippen molar-refractivity contribution in [1.82, 2.24) is 25.5 Å². The van der Waals surface area contributed by atoms with Gasteiger partial charge in [-0.15, -0.1) is 0 Å². The molecule has 0 radical (unpaired) electrons. The van der Waals surface area contributed by atoms with E-state index >= 15 is 0 Å². The van der Waals surface area contributed by atoms with Crippen LogP contribution < -0.4 is 10.6 Å². The summed E-state index contributed by atoms with van der Waals surface area (Å²) >= 11 is 0. The van der Waals surface area contributed by atoms with Crippen molar-refractivity contribution >= 4 is 5.70 Å². The van der Waals surface area contributed by atoms with Gasteiger partial charge < -0.3 is 25.2 Å². The molecule has 0 aromatic heterocycles. The predicted molar refractivity (Wildman–Crippen MR) is 150 cm³/mol. The van der Waals surface area contributed by atoms with Crippen molar-refractivity contribution in [3.8, 4) is 0 Å². The van der Waals surface area contributed by atoms with Crippen molar-refractivity contribution in [3.63, 3.8) is 0 Å². The first-order chi connectivity index (χ1) is 20.2. The molecule has 3 heterocycles. The van der Waals surface area contributed by atoms with Crippen LogP contribution in [0.2, 0.25) is 0 Å². The SMILES string of the molecule is Cc1ccccc1/C1=C/C(N2CCC(N(C)C)C2)OC2=C(CNCN2)C(Cc2cc(C(F)(F)F)cc(C(F)(F)F)c2)N1[O-]. The Bertz CT molecular complexity index is 1360. The van der Waals surface area contributed by atoms with Gasteiger partial charge in [0, 0.05) is 43.0 Å². The highest BCUT2D eigenvalue weighted by Crippen LogP contribution is 2.39. The van der Waals surface area contributed by atoms with E-state index in [9.17, 15) is 31.5 Å². The molecule has 3 atom stereocenters. The Morgan fingerprint density at radius 1 is 1.02 bits per heavy atom. The number of likely N-dealkylation sites (tertiary alicyclic amines) is 1. The lowest BCUT2D eigenvalue weighted by Crippen LogP contribution is -2.49. The second-order valence-corrected chi connectivity index (χ2v) is 11.4. The molecule has 0 bridgehead atoms. The number of likely N-dealkylation sites (N-methyl/N-ethyl adjacent to an activating group) is 1. The van der Waals surface area contributed by atoms with Gasteiger partial charge in [-0.1, -0.05) is 24.3 Å². The monoisotopic (exact) mass is 610 g/mol. The van der Waals surface area contributed by atoms with Gasteiger partial charge in [0.05, 0.1) is 17.8 Å². The fraction of sp³-hybridized carbons (Fsp3) is 0.467. The summed E-state index contributed by atoms with van der Waals surface area (Å²) in [5, 5.41) is 21.4. The van der Waals surface area contributed by atoms with Gasteiger partial charge in [-0.05, 0) is 74.8 Å². The number of hydroxylamine groups is 2. The van der Waals surface area contributed by atoms with Gasteiger partial charge >= 0.3 is 12.4 Å². The minimum absolute atomic E-state index is 0.0917. The lowest BCUT2D eigenvalue weighted by Gasteiger charge is -2.46. The molecule has 3 unspecified atom stereocenters. The zero-order valence-corrected chi connectivity index (χ0v) is 24.0. The molecule has 0 saturated carbocycles. The Balaban J connectivity index is 1.62. The third kappa shape index (κ3) is 6.79. The largest absolute Gasteiger partial charge is 0.758 e. The Hall–Kier alpha value is -3.26. The van der Waals surface area contributed by atoms with Crippen LogP contribution in [0.25, 0.3) is 5.70 Å². The maximum atomic E-state index is 14.4. The van der Waals surface area contributed by atoms with Gasteiger partial charge in [0.2, 0.25) is 0 Å². The third-order valence-electron chi connectivity index (χ3n) is 8.23. The first-order valence-corrected chi connectivity index (χ1v) is 14.0. The summed E-state index contributed by atoms with van der Waals surface area (Å²) in [5.74, 6) is 0.297. The molecule has 0 amide bonds. The van der Waals surface area contributed by atoms with Gasteiger partial charge in [0.15, 0.2) is 12.1 Å². The quantitative estimate of drug-likeness (QED) is 0.455. The van der Waals surface area contributed by atoms with Crippen LogP contribution in [0.1, 0.15) is 34.2 Å². The molecule has 2 aromatic carbocycles. The second-order valence-electron chi connectivity index (χ2n) is 11.4. The standard InChI is InChI=1S/C30H34F6N5O2/c1-18-6-4-5-7-23(18)26-14-27(40-9-8-22(16-40)39(2)3)43-28-24(15-37-17-38-28)25(41(26)42)12-19-10-20(29(31,32)33)13-21(11-19)30(34,35)36/h4-7,10-11,13-14,22,25,27,37-38H,8-9,12,15-17H2,1-3H3/q-1/b26-14-. The molecule has 2 aromatic rings. The Labute approximate surface area is 246 Å². The zero-order valence-electron chi connectivity index (χ0n) is 24.0. The van der Waals surface area contributed by atoms with Crippen LogP contribution in [0.15, 0.2) is 60.0 Å². The van der Waals surface area contributed by atoms with Gasteiger partial charge in [0.1, 0.15) is 0 Å². The van der Waals surface area contributed by atoms with Crippen LogP contribution in [0.5, 0.6) is 0 Å². The number of halogens is 6. The van der Waals surface area contributed by atoms with Crippen molar-refractivity contribution in [3.05, 3.63) is 93.0 Å². The van der Waals surface area contributed by atoms with Crippen LogP contribution in [0.3, 0.4) is 0 Å². The van der Waals surface area contributed by atoms with Crippen LogP contribution in [-0.2, 0) is 23.5 Å². The first-order valence-electron chi connectivity index (χ1n) is 14.0. The highest BCUT2D eigenvalue weighted by molar-refractivity contribution is 5.68. The van der Waals surface area contributed by atoms with E-state index in [4.69, 9.17) is 4.74 Å². The topological polar surface area (TPSA) is 66.1 Å². The highest BCUT2D eigenvalue weighted by Gasteiger charge is 2.39. The average Bonchev–Trinajstić information content (AvgIpc) is 3.44. The summed E-state index contributed by atoms with van der Waals surface area (Å²) in [6, 6.07) is 7.76. The summed E-state index contributed by atoms with van der Waals surface area (Å²) in [5.41, 5.74) is -1.08. The van der Waals surface area contributed by atoms with E-state index in [-0.39, 0.29) is 29.9 Å². The summed E-state index contributed by atoms with van der Waals surface area (Å²) in [4.78, 5) is 4.25. The smallest absolute Gasteiger partial charge is 0.416 e. The molecule has 1 saturated heterocycles. The normalized spacial score (nSPS) is 25.0. The Morgan fingerprint density at radius 3 is 2.30 bits per heavy atom. The zero-order chi connectivity index (χ0) is 31.1. The lowest BCUT2D eigenvalue weighted by molar-refractivity contribution is -0.143. The van der Waals surface area contributed by atoms with E-state index in [1.807, 2.05) is 33.2 Å². The van der Waals surface area contributed by atoms with Crippen molar-refractivity contribution in [2.45, 2.75) is 50.4 Å². The average molecular weight is 611 g/mol. The van der Waals surface area contributed by atoms with E-state index in [0.717, 1.165) is 17.0 Å². The fourth-order valence-electron chi connectivity index (χ4n) is 5.83. The molecular weight excluding hydrogens is 576 g/mol. The van der Waals surface area contributed by atoms with Crippen molar-refractivity contribution in [2.24, 2.45) is 0 Å². The van der Waals surface area contributed by atoms with Crippen molar-refractivity contribution in [1.29, 1.82) is 0 Å². The highest BCUT2D eigenvalue weighted by atomic mass is 19.4. The van der Waals surface area contributed by atoms with Gasteiger partial charge in [-0.2, -0.15) is 26.3 Å². The van der Waals surface area contributed by atoms with E-state index in [1.165, 1.54) is 0 Å². The molecule has 5 rings (SSSR count). The van der Waals surface area contributed by atoms with Crippen LogP contribution in [0.4, 0.5) is 26.3 Å². The molecule has 3 aliphatic rings. The molecule has 2 N–H and O–H groups in total. The number of hydrogen-bond acceptors (Lipinski definition) is 7. The Morgan fingerprint density at radius 2 is 1.70 bits per heavy atom. The van der Waals surface area contributed by atoms with Gasteiger partial charge in [0.25, 0.3) is 0 Å². The maximum Gasteiger partial charge on any atom is 0.416 e. The summed E-state index contributed by atoms with van der Waals surface area (Å²) in [7, 11) is 4.00. The molecule has 43 heavy (non-hydrogen) atoms. The number of rotatable bonds is 5. The number of hydrogen-bond donors (Lipinski definition) is 2. The van der Waals surface area contributed by atoms with Gasteiger partial charge in [-0.3, -0.25) is 10.2 Å². The predicted octanol–water partition coefficient (Wildman–Crippen LogP) is 5.14. The van der Waals surface area contributed by atoms with Gasteiger partial charge in [-0.25, -0.2) is 0 Å². The third-order valence-corrected chi connectivity index (χ3v) is 8.23. The van der Waals surface area contributed by atoms with E-state index in [1.54, 1.807) is 18.2 Å². The molecule has 234 valence electrons. The summed E-state index contributed by atoms with van der Waals surface area (Å²) < 4.78 is 88.5. The second kappa shape index (κ2) is 12.0. The molecule has 0 spiro atoms. The molecule has 3 aliphatic heterocycles. The van der Waals surface area contributed by atoms with Crippen molar-refractivity contribution in [2.75, 3.05) is 40.4 Å². The first kappa shape index (κ1) is 31.2. The molecule has 0 aliphatic carbocycles. The molecule has 7 nitrogen and oxygen atoms in total. The fourth-order valence-corrected chi connectivity index (χ4v) is 5.83. The van der Waals surface area contributed by atoms with E-state index in [0.29, 0.717) is 48.9 Å². The molecular formula is C30H34F6N5O2-. The number of nitrogens with one attached hydrogen (secondary N) is 2. The van der Waals surface area contributed by atoms with E-state index < -0.39 is 42.2 Å². The number of benzene rings is 2. The minimum atomic E-state index is -5.00. The van der Waals surface area contributed by atoms with Crippen molar-refractivity contribution < 1.29 is 31.1 Å². The van der Waals surface area contributed by atoms with E-state index in [2.05, 4.69) is 20.4 Å². The molecule has 13 heteroatoms. The Kier molecular flexibility index (Phi) is 8.72. The van der Waals surface area contributed by atoms with Crippen LogP contribution >= 0.6 is 0 Å². The number of alkyl halides is 6.